The van der Waals surface area contributed by atoms with Crippen molar-refractivity contribution in [1.82, 2.24) is 0 Å². The van der Waals surface area contributed by atoms with Crippen LogP contribution in [-0.2, 0) is 4.74 Å². The molecule has 102 valence electrons. The van der Waals surface area contributed by atoms with Gasteiger partial charge in [-0.3, -0.25) is 0 Å². The minimum Gasteiger partial charge on any atom is -0.465 e. The molecule has 4 heteroatoms. The van der Waals surface area contributed by atoms with E-state index in [4.69, 9.17) is 10.5 Å². The highest BCUT2D eigenvalue weighted by Crippen LogP contribution is 2.22. The fraction of sp³-hybridized carbons (Fsp3) is 0.500. The first-order valence-corrected chi connectivity index (χ1v) is 5.99. The first-order chi connectivity index (χ1) is 8.06. The summed E-state index contributed by atoms with van der Waals surface area (Å²) in [6, 6.07) is 7.28. The van der Waals surface area contributed by atoms with E-state index in [-0.39, 0.29) is 24.4 Å². The second kappa shape index (κ2) is 8.11. The largest absolute Gasteiger partial charge is 0.465 e. The lowest BCUT2D eigenvalue weighted by Crippen LogP contribution is -2.16. The number of hydrogen-bond acceptors (Lipinski definition) is 3. The van der Waals surface area contributed by atoms with Gasteiger partial charge in [-0.1, -0.05) is 32.0 Å². The number of hydrogen-bond donors (Lipinski definition) is 1. The van der Waals surface area contributed by atoms with Gasteiger partial charge < -0.3 is 10.5 Å². The molecular weight excluding hydrogens is 250 g/mol. The second-order valence-electron chi connectivity index (χ2n) is 4.66. The number of benzene rings is 1. The zero-order chi connectivity index (χ0) is 12.8. The summed E-state index contributed by atoms with van der Waals surface area (Å²) in [5.41, 5.74) is 7.58. The smallest absolute Gasteiger partial charge is 0.338 e. The molecule has 0 spiro atoms. The lowest BCUT2D eigenvalue weighted by molar-refractivity contribution is 0.0599. The van der Waals surface area contributed by atoms with Gasteiger partial charge in [0.25, 0.3) is 0 Å². The van der Waals surface area contributed by atoms with E-state index in [0.29, 0.717) is 11.5 Å². The van der Waals surface area contributed by atoms with Crippen LogP contribution >= 0.6 is 12.4 Å². The highest BCUT2D eigenvalue weighted by molar-refractivity contribution is 5.91. The van der Waals surface area contributed by atoms with Crippen LogP contribution in [0.1, 0.15) is 48.7 Å². The van der Waals surface area contributed by atoms with Crippen LogP contribution in [0.2, 0.25) is 0 Å². The zero-order valence-electron chi connectivity index (χ0n) is 11.2. The Morgan fingerprint density at radius 1 is 1.28 bits per heavy atom. The molecule has 0 fully saturated rings. The van der Waals surface area contributed by atoms with Crippen molar-refractivity contribution in [1.29, 1.82) is 0 Å². The van der Waals surface area contributed by atoms with E-state index in [1.807, 2.05) is 18.2 Å². The minimum absolute atomic E-state index is 0. The molecule has 0 aliphatic rings. The van der Waals surface area contributed by atoms with Crippen LogP contribution in [-0.4, -0.2) is 13.1 Å². The van der Waals surface area contributed by atoms with E-state index < -0.39 is 0 Å². The molecule has 0 saturated carbocycles. The standard InChI is InChI=1S/C14H21NO2.ClH/c1-10(2)8-9-13(15)11-6-4-5-7-12(11)14(16)17-3;/h4-7,10,13H,8-9,15H2,1-3H3;1H/t13-;/m1./s1. The van der Waals surface area contributed by atoms with Gasteiger partial charge in [0.15, 0.2) is 0 Å². The molecule has 0 aliphatic carbocycles. The Labute approximate surface area is 115 Å². The summed E-state index contributed by atoms with van der Waals surface area (Å²) in [5, 5.41) is 0. The third-order valence-corrected chi connectivity index (χ3v) is 2.82. The van der Waals surface area contributed by atoms with Crippen molar-refractivity contribution in [2.45, 2.75) is 32.7 Å². The van der Waals surface area contributed by atoms with Crippen LogP contribution in [0.5, 0.6) is 0 Å². The van der Waals surface area contributed by atoms with Crippen LogP contribution in [0, 0.1) is 5.92 Å². The maximum atomic E-state index is 11.6. The Bertz CT molecular complexity index is 380. The van der Waals surface area contributed by atoms with Gasteiger partial charge in [0.1, 0.15) is 0 Å². The molecule has 0 unspecified atom stereocenters. The molecule has 2 N–H and O–H groups in total. The molecule has 0 bridgehead atoms. The van der Waals surface area contributed by atoms with E-state index in [1.165, 1.54) is 7.11 Å². The molecule has 0 heterocycles. The number of rotatable bonds is 5. The zero-order valence-corrected chi connectivity index (χ0v) is 12.0. The monoisotopic (exact) mass is 271 g/mol. The van der Waals surface area contributed by atoms with Crippen molar-refractivity contribution in [3.05, 3.63) is 35.4 Å². The third kappa shape index (κ3) is 4.67. The number of esters is 1. The summed E-state index contributed by atoms with van der Waals surface area (Å²) in [6.45, 7) is 4.33. The molecular formula is C14H22ClNO2. The van der Waals surface area contributed by atoms with Gasteiger partial charge in [0.2, 0.25) is 0 Å². The average molecular weight is 272 g/mol. The fourth-order valence-corrected chi connectivity index (χ4v) is 1.78. The van der Waals surface area contributed by atoms with Gasteiger partial charge in [-0.05, 0) is 30.4 Å². The molecule has 0 aromatic heterocycles. The number of nitrogens with two attached hydrogens (primary N) is 1. The van der Waals surface area contributed by atoms with Gasteiger partial charge in [0, 0.05) is 6.04 Å². The van der Waals surface area contributed by atoms with Gasteiger partial charge >= 0.3 is 5.97 Å². The van der Waals surface area contributed by atoms with Gasteiger partial charge in [-0.15, -0.1) is 12.4 Å². The number of carbonyl (C=O) groups excluding carboxylic acids is 1. The average Bonchev–Trinajstić information content (AvgIpc) is 2.34. The van der Waals surface area contributed by atoms with E-state index in [9.17, 15) is 4.79 Å². The summed E-state index contributed by atoms with van der Waals surface area (Å²) >= 11 is 0. The molecule has 1 rings (SSSR count). The van der Waals surface area contributed by atoms with E-state index in [2.05, 4.69) is 13.8 Å². The van der Waals surface area contributed by atoms with Gasteiger partial charge in [0.05, 0.1) is 12.7 Å². The highest BCUT2D eigenvalue weighted by atomic mass is 35.5. The van der Waals surface area contributed by atoms with Crippen molar-refractivity contribution >= 4 is 18.4 Å². The molecule has 0 aliphatic heterocycles. The Morgan fingerprint density at radius 3 is 2.44 bits per heavy atom. The van der Waals surface area contributed by atoms with Crippen molar-refractivity contribution < 1.29 is 9.53 Å². The summed E-state index contributed by atoms with van der Waals surface area (Å²) in [4.78, 5) is 11.6. The minimum atomic E-state index is -0.319. The topological polar surface area (TPSA) is 52.3 Å². The Balaban J connectivity index is 0.00000289. The summed E-state index contributed by atoms with van der Waals surface area (Å²) in [6.07, 6.45) is 1.93. The second-order valence-corrected chi connectivity index (χ2v) is 4.66. The quantitative estimate of drug-likeness (QED) is 0.836. The molecule has 1 atom stereocenters. The number of methoxy groups -OCH3 is 1. The molecule has 0 saturated heterocycles. The lowest BCUT2D eigenvalue weighted by Gasteiger charge is -2.16. The molecule has 0 amide bonds. The van der Waals surface area contributed by atoms with Crippen LogP contribution in [0.3, 0.4) is 0 Å². The first-order valence-electron chi connectivity index (χ1n) is 5.99. The molecule has 3 nitrogen and oxygen atoms in total. The van der Waals surface area contributed by atoms with Crippen molar-refractivity contribution in [2.75, 3.05) is 7.11 Å². The molecule has 1 aromatic carbocycles. The Morgan fingerprint density at radius 2 is 1.89 bits per heavy atom. The normalized spacial score (nSPS) is 11.8. The maximum Gasteiger partial charge on any atom is 0.338 e. The van der Waals surface area contributed by atoms with E-state index in [0.717, 1.165) is 18.4 Å². The van der Waals surface area contributed by atoms with Crippen LogP contribution < -0.4 is 5.73 Å². The summed E-state index contributed by atoms with van der Waals surface area (Å²) in [5.74, 6) is 0.298. The Kier molecular flexibility index (Phi) is 7.64. The summed E-state index contributed by atoms with van der Waals surface area (Å²) < 4.78 is 4.76. The predicted molar refractivity (Wildman–Crippen MR) is 76.0 cm³/mol. The van der Waals surface area contributed by atoms with E-state index in [1.54, 1.807) is 6.07 Å². The molecule has 1 aromatic rings. The molecule has 0 radical (unpaired) electrons. The van der Waals surface area contributed by atoms with E-state index >= 15 is 0 Å². The van der Waals surface area contributed by atoms with Gasteiger partial charge in [-0.25, -0.2) is 4.79 Å². The molecule has 18 heavy (non-hydrogen) atoms. The Hall–Kier alpha value is -1.06. The third-order valence-electron chi connectivity index (χ3n) is 2.82. The van der Waals surface area contributed by atoms with Gasteiger partial charge in [-0.2, -0.15) is 0 Å². The maximum absolute atomic E-state index is 11.6. The number of ether oxygens (including phenoxy) is 1. The first kappa shape index (κ1) is 16.9. The predicted octanol–water partition coefficient (Wildman–Crippen LogP) is 3.33. The van der Waals surface area contributed by atoms with Crippen LogP contribution in [0.4, 0.5) is 0 Å². The number of carbonyl (C=O) groups is 1. The lowest BCUT2D eigenvalue weighted by atomic mass is 9.95. The van der Waals surface area contributed by atoms with Crippen molar-refractivity contribution in [3.63, 3.8) is 0 Å². The SMILES string of the molecule is COC(=O)c1ccccc1[C@H](N)CCC(C)C.Cl. The highest BCUT2D eigenvalue weighted by Gasteiger charge is 2.16. The van der Waals surface area contributed by atoms with Crippen molar-refractivity contribution in [2.24, 2.45) is 11.7 Å². The van der Waals surface area contributed by atoms with Crippen LogP contribution in [0.15, 0.2) is 24.3 Å². The summed E-state index contributed by atoms with van der Waals surface area (Å²) in [7, 11) is 1.39. The number of halogens is 1. The fourth-order valence-electron chi connectivity index (χ4n) is 1.78. The van der Waals surface area contributed by atoms with Crippen LogP contribution in [0.25, 0.3) is 0 Å². The van der Waals surface area contributed by atoms with Crippen molar-refractivity contribution in [3.8, 4) is 0 Å².